The summed E-state index contributed by atoms with van der Waals surface area (Å²) in [5.74, 6) is -1.76. The Morgan fingerprint density at radius 1 is 1.22 bits per heavy atom. The van der Waals surface area contributed by atoms with Crippen molar-refractivity contribution in [1.82, 2.24) is 15.5 Å². The van der Waals surface area contributed by atoms with Crippen LogP contribution in [0.4, 0.5) is 13.6 Å². The van der Waals surface area contributed by atoms with Crippen molar-refractivity contribution < 1.29 is 13.6 Å². The molecule has 18 heavy (non-hydrogen) atoms. The highest BCUT2D eigenvalue weighted by molar-refractivity contribution is 5.77. The second-order valence-electron chi connectivity index (χ2n) is 4.64. The molecule has 96 valence electrons. The van der Waals surface area contributed by atoms with Crippen LogP contribution in [0.2, 0.25) is 0 Å². The minimum atomic E-state index is -0.884. The van der Waals surface area contributed by atoms with Gasteiger partial charge in [0.25, 0.3) is 0 Å². The van der Waals surface area contributed by atoms with Crippen molar-refractivity contribution in [2.24, 2.45) is 0 Å². The predicted octanol–water partition coefficient (Wildman–Crippen LogP) is 1.00. The maximum Gasteiger partial charge on any atom is 0.318 e. The fourth-order valence-corrected chi connectivity index (χ4v) is 2.28. The van der Waals surface area contributed by atoms with Crippen molar-refractivity contribution in [3.8, 4) is 0 Å². The van der Waals surface area contributed by atoms with E-state index in [9.17, 15) is 13.6 Å². The largest absolute Gasteiger partial charge is 0.329 e. The summed E-state index contributed by atoms with van der Waals surface area (Å²) in [5, 5.41) is 5.88. The Kier molecular flexibility index (Phi) is 2.66. The third kappa shape index (κ3) is 1.82. The summed E-state index contributed by atoms with van der Waals surface area (Å²) in [4.78, 5) is 13.5. The molecule has 1 aromatic rings. The monoisotopic (exact) mass is 253 g/mol. The summed E-state index contributed by atoms with van der Waals surface area (Å²) in [7, 11) is 0. The molecule has 0 bridgehead atoms. The van der Waals surface area contributed by atoms with Crippen LogP contribution in [0.1, 0.15) is 11.6 Å². The number of nitrogens with zero attached hydrogens (tertiary/aromatic N) is 1. The van der Waals surface area contributed by atoms with Gasteiger partial charge in [-0.1, -0.05) is 6.07 Å². The molecule has 2 aliphatic rings. The third-order valence-corrected chi connectivity index (χ3v) is 3.48. The van der Waals surface area contributed by atoms with Gasteiger partial charge in [-0.15, -0.1) is 0 Å². The molecule has 0 spiro atoms. The Balaban J connectivity index is 1.77. The van der Waals surface area contributed by atoms with E-state index in [2.05, 4.69) is 10.6 Å². The van der Waals surface area contributed by atoms with Crippen LogP contribution in [0, 0.1) is 11.6 Å². The van der Waals surface area contributed by atoms with Crippen LogP contribution in [-0.4, -0.2) is 36.6 Å². The third-order valence-electron chi connectivity index (χ3n) is 3.48. The Labute approximate surface area is 103 Å². The summed E-state index contributed by atoms with van der Waals surface area (Å²) in [6.07, 6.45) is 0. The lowest BCUT2D eigenvalue weighted by Crippen LogP contribution is -2.57. The molecule has 1 unspecified atom stereocenters. The van der Waals surface area contributed by atoms with E-state index in [-0.39, 0.29) is 18.1 Å². The van der Waals surface area contributed by atoms with Gasteiger partial charge in [-0.05, 0) is 17.7 Å². The van der Waals surface area contributed by atoms with Crippen molar-refractivity contribution >= 4 is 6.03 Å². The van der Waals surface area contributed by atoms with Gasteiger partial charge >= 0.3 is 6.03 Å². The molecule has 2 N–H and O–H groups in total. The lowest BCUT2D eigenvalue weighted by atomic mass is 10.1. The number of amides is 2. The fourth-order valence-electron chi connectivity index (χ4n) is 2.28. The number of urea groups is 1. The van der Waals surface area contributed by atoms with Crippen molar-refractivity contribution in [3.05, 3.63) is 35.4 Å². The van der Waals surface area contributed by atoms with Gasteiger partial charge in [0.2, 0.25) is 0 Å². The molecule has 2 saturated heterocycles. The summed E-state index contributed by atoms with van der Waals surface area (Å²) < 4.78 is 26.0. The van der Waals surface area contributed by atoms with Gasteiger partial charge in [0, 0.05) is 19.6 Å². The Morgan fingerprint density at radius 2 is 2.00 bits per heavy atom. The van der Waals surface area contributed by atoms with E-state index in [0.717, 1.165) is 25.2 Å². The highest BCUT2D eigenvalue weighted by Crippen LogP contribution is 2.24. The minimum absolute atomic E-state index is 0.142. The maximum atomic E-state index is 13.2. The fraction of sp³-hybridized carbons (Fsp3) is 0.417. The number of rotatable bonds is 2. The molecule has 2 aliphatic heterocycles. The van der Waals surface area contributed by atoms with Gasteiger partial charge in [0.1, 0.15) is 0 Å². The van der Waals surface area contributed by atoms with E-state index in [1.165, 1.54) is 6.07 Å². The lowest BCUT2D eigenvalue weighted by molar-refractivity contribution is 0.172. The van der Waals surface area contributed by atoms with E-state index in [1.807, 2.05) is 0 Å². The summed E-state index contributed by atoms with van der Waals surface area (Å²) in [5.41, 5.74) is 0.594. The topological polar surface area (TPSA) is 44.4 Å². The Morgan fingerprint density at radius 3 is 2.61 bits per heavy atom. The second kappa shape index (κ2) is 4.20. The van der Waals surface area contributed by atoms with Gasteiger partial charge in [0.15, 0.2) is 11.6 Å². The molecule has 0 aromatic heterocycles. The van der Waals surface area contributed by atoms with Crippen LogP contribution < -0.4 is 10.6 Å². The van der Waals surface area contributed by atoms with E-state index in [0.29, 0.717) is 12.1 Å². The number of carbonyl (C=O) groups is 1. The van der Waals surface area contributed by atoms with Crippen LogP contribution >= 0.6 is 0 Å². The van der Waals surface area contributed by atoms with Crippen molar-refractivity contribution in [2.75, 3.05) is 19.6 Å². The molecule has 3 rings (SSSR count). The number of hydrogen-bond donors (Lipinski definition) is 2. The first kappa shape index (κ1) is 11.4. The molecule has 6 heteroatoms. The lowest BCUT2D eigenvalue weighted by Gasteiger charge is -2.34. The van der Waals surface area contributed by atoms with E-state index < -0.39 is 11.6 Å². The number of benzene rings is 1. The zero-order valence-corrected chi connectivity index (χ0v) is 9.62. The quantitative estimate of drug-likeness (QED) is 0.826. The van der Waals surface area contributed by atoms with E-state index >= 15 is 0 Å². The highest BCUT2D eigenvalue weighted by atomic mass is 19.2. The molecule has 1 atom stereocenters. The zero-order valence-electron chi connectivity index (χ0n) is 9.62. The van der Waals surface area contributed by atoms with Gasteiger partial charge in [-0.2, -0.15) is 0 Å². The molecular weight excluding hydrogens is 240 g/mol. The molecule has 2 amide bonds. The number of nitrogens with one attached hydrogen (secondary N) is 2. The molecule has 0 saturated carbocycles. The van der Waals surface area contributed by atoms with Crippen LogP contribution in [0.25, 0.3) is 0 Å². The summed E-state index contributed by atoms with van der Waals surface area (Å²) in [6, 6.07) is 3.53. The summed E-state index contributed by atoms with van der Waals surface area (Å²) in [6.45, 7) is 2.08. The molecule has 2 heterocycles. The Bertz CT molecular complexity index is 490. The SMILES string of the molecule is O=C1NC(c2ccc(F)c(F)c2)CN1C1CNC1. The average Bonchev–Trinajstić information content (AvgIpc) is 2.63. The molecule has 0 aliphatic carbocycles. The van der Waals surface area contributed by atoms with Gasteiger partial charge < -0.3 is 15.5 Å². The second-order valence-corrected chi connectivity index (χ2v) is 4.64. The molecule has 1 aromatic carbocycles. The first-order chi connectivity index (χ1) is 8.65. The van der Waals surface area contributed by atoms with Gasteiger partial charge in [-0.25, -0.2) is 13.6 Å². The molecule has 2 fully saturated rings. The van der Waals surface area contributed by atoms with E-state index in [1.54, 1.807) is 4.90 Å². The number of halogens is 2. The van der Waals surface area contributed by atoms with Crippen LogP contribution in [-0.2, 0) is 0 Å². The molecular formula is C12H13F2N3O. The standard InChI is InChI=1S/C12H13F2N3O/c13-9-2-1-7(3-10(9)14)11-6-17(12(18)16-11)8-4-15-5-8/h1-3,8,11,15H,4-6H2,(H,16,18). The predicted molar refractivity (Wildman–Crippen MR) is 61.0 cm³/mol. The first-order valence-electron chi connectivity index (χ1n) is 5.88. The Hall–Kier alpha value is -1.69. The van der Waals surface area contributed by atoms with Crippen molar-refractivity contribution in [3.63, 3.8) is 0 Å². The van der Waals surface area contributed by atoms with Crippen LogP contribution in [0.3, 0.4) is 0 Å². The van der Waals surface area contributed by atoms with Gasteiger partial charge in [0.05, 0.1) is 12.1 Å². The average molecular weight is 253 g/mol. The normalized spacial score (nSPS) is 24.0. The minimum Gasteiger partial charge on any atom is -0.329 e. The number of carbonyl (C=O) groups excluding carboxylic acids is 1. The van der Waals surface area contributed by atoms with Crippen molar-refractivity contribution in [2.45, 2.75) is 12.1 Å². The van der Waals surface area contributed by atoms with Gasteiger partial charge in [-0.3, -0.25) is 0 Å². The van der Waals surface area contributed by atoms with Crippen LogP contribution in [0.15, 0.2) is 18.2 Å². The molecule has 4 nitrogen and oxygen atoms in total. The number of hydrogen-bond acceptors (Lipinski definition) is 2. The zero-order chi connectivity index (χ0) is 12.7. The summed E-state index contributed by atoms with van der Waals surface area (Å²) >= 11 is 0. The maximum absolute atomic E-state index is 13.2. The molecule has 0 radical (unpaired) electrons. The smallest absolute Gasteiger partial charge is 0.318 e. The van der Waals surface area contributed by atoms with Crippen molar-refractivity contribution in [1.29, 1.82) is 0 Å². The first-order valence-corrected chi connectivity index (χ1v) is 5.88. The highest BCUT2D eigenvalue weighted by Gasteiger charge is 2.37. The van der Waals surface area contributed by atoms with Crippen LogP contribution in [0.5, 0.6) is 0 Å². The van der Waals surface area contributed by atoms with E-state index in [4.69, 9.17) is 0 Å².